The van der Waals surface area contributed by atoms with Gasteiger partial charge in [0, 0.05) is 30.1 Å². The zero-order chi connectivity index (χ0) is 18.8. The summed E-state index contributed by atoms with van der Waals surface area (Å²) in [5.74, 6) is 1.41. The minimum atomic E-state index is -0.200. The Bertz CT molecular complexity index is 787. The number of piperidine rings is 2. The molecule has 1 aromatic carbocycles. The molecule has 2 aliphatic heterocycles. The van der Waals surface area contributed by atoms with Crippen LogP contribution in [0.2, 0.25) is 0 Å². The molecule has 2 aromatic rings. The molecule has 0 N–H and O–H groups in total. The molecule has 1 amide bonds. The van der Waals surface area contributed by atoms with Gasteiger partial charge >= 0.3 is 6.09 Å². The van der Waals surface area contributed by atoms with E-state index in [4.69, 9.17) is 13.9 Å². The maximum Gasteiger partial charge on any atom is 0.409 e. The molecular weight excluding hydrogens is 344 g/mol. The normalized spacial score (nSPS) is 20.1. The molecule has 0 radical (unpaired) electrons. The van der Waals surface area contributed by atoms with Crippen molar-refractivity contribution >= 4 is 17.1 Å². The highest BCUT2D eigenvalue weighted by atomic mass is 16.5. The molecule has 4 rings (SSSR count). The second-order valence-electron chi connectivity index (χ2n) is 7.55. The van der Waals surface area contributed by atoms with Gasteiger partial charge in [0.25, 0.3) is 0 Å². The molecule has 0 aliphatic carbocycles. The first-order chi connectivity index (χ1) is 13.2. The van der Waals surface area contributed by atoms with Crippen molar-refractivity contribution in [3.05, 3.63) is 30.0 Å². The molecule has 146 valence electrons. The second-order valence-corrected chi connectivity index (χ2v) is 7.55. The van der Waals surface area contributed by atoms with Gasteiger partial charge in [-0.15, -0.1) is 0 Å². The number of rotatable bonds is 3. The predicted octanol–water partition coefficient (Wildman–Crippen LogP) is 3.85. The molecule has 2 fully saturated rings. The molecule has 0 saturated carbocycles. The number of carbonyl (C=O) groups is 1. The molecule has 1 aromatic heterocycles. The molecule has 0 atom stereocenters. The fraction of sp³-hybridized carbons (Fsp3) is 0.571. The second kappa shape index (κ2) is 7.80. The molecule has 0 bridgehead atoms. The molecule has 3 heterocycles. The van der Waals surface area contributed by atoms with E-state index in [-0.39, 0.29) is 6.09 Å². The average molecular weight is 372 g/mol. The van der Waals surface area contributed by atoms with Crippen LogP contribution in [0.15, 0.2) is 28.9 Å². The van der Waals surface area contributed by atoms with E-state index in [1.807, 2.05) is 23.3 Å². The summed E-state index contributed by atoms with van der Waals surface area (Å²) in [6, 6.07) is 6.59. The fourth-order valence-corrected chi connectivity index (χ4v) is 4.59. The number of hydrogen-bond acceptors (Lipinski definition) is 5. The van der Waals surface area contributed by atoms with Crippen LogP contribution in [-0.4, -0.2) is 62.3 Å². The van der Waals surface area contributed by atoms with Gasteiger partial charge in [0.1, 0.15) is 11.3 Å². The summed E-state index contributed by atoms with van der Waals surface area (Å²) in [7, 11) is 3.15. The molecular formula is C21H28N2O4. The van der Waals surface area contributed by atoms with Crippen LogP contribution in [0.5, 0.6) is 5.75 Å². The third kappa shape index (κ3) is 3.63. The summed E-state index contributed by atoms with van der Waals surface area (Å²) in [5.41, 5.74) is 2.24. The van der Waals surface area contributed by atoms with Crippen molar-refractivity contribution in [2.24, 2.45) is 0 Å². The highest BCUT2D eigenvalue weighted by Crippen LogP contribution is 2.37. The molecule has 2 aliphatic rings. The highest BCUT2D eigenvalue weighted by Gasteiger charge is 2.31. The lowest BCUT2D eigenvalue weighted by Crippen LogP contribution is -2.48. The standard InChI is InChI=1S/C21H28N2O4/c1-25-17-3-4-20-18(13-17)19(14-27-20)15-5-9-22(10-6-15)16-7-11-23(12-8-16)21(24)26-2/h3-4,13-16H,5-12H2,1-2H3. The number of methoxy groups -OCH3 is 2. The number of furan rings is 1. The van der Waals surface area contributed by atoms with Crippen molar-refractivity contribution in [3.8, 4) is 5.75 Å². The van der Waals surface area contributed by atoms with E-state index < -0.39 is 0 Å². The summed E-state index contributed by atoms with van der Waals surface area (Å²) in [4.78, 5) is 16.1. The van der Waals surface area contributed by atoms with Gasteiger partial charge in [0.05, 0.1) is 20.5 Å². The number of ether oxygens (including phenoxy) is 2. The van der Waals surface area contributed by atoms with E-state index in [0.717, 1.165) is 63.2 Å². The summed E-state index contributed by atoms with van der Waals surface area (Å²) < 4.78 is 16.0. The molecule has 6 heteroatoms. The summed E-state index contributed by atoms with van der Waals surface area (Å²) >= 11 is 0. The summed E-state index contributed by atoms with van der Waals surface area (Å²) in [6.07, 6.45) is 6.08. The highest BCUT2D eigenvalue weighted by molar-refractivity contribution is 5.83. The molecule has 6 nitrogen and oxygen atoms in total. The third-order valence-corrected chi connectivity index (χ3v) is 6.19. The molecule has 2 saturated heterocycles. The Morgan fingerprint density at radius 2 is 1.81 bits per heavy atom. The topological polar surface area (TPSA) is 55.2 Å². The lowest BCUT2D eigenvalue weighted by Gasteiger charge is -2.41. The van der Waals surface area contributed by atoms with Crippen molar-refractivity contribution in [3.63, 3.8) is 0 Å². The Balaban J connectivity index is 1.36. The van der Waals surface area contributed by atoms with Gasteiger partial charge in [-0.05, 0) is 62.9 Å². The smallest absolute Gasteiger partial charge is 0.409 e. The Morgan fingerprint density at radius 1 is 1.07 bits per heavy atom. The van der Waals surface area contributed by atoms with Crippen molar-refractivity contribution < 1.29 is 18.7 Å². The number of nitrogens with zero attached hydrogens (tertiary/aromatic N) is 2. The van der Waals surface area contributed by atoms with Crippen LogP contribution >= 0.6 is 0 Å². The maximum absolute atomic E-state index is 11.6. The third-order valence-electron chi connectivity index (χ3n) is 6.19. The average Bonchev–Trinajstić information content (AvgIpc) is 3.16. The molecule has 0 unspecified atom stereocenters. The van der Waals surface area contributed by atoms with Gasteiger partial charge in [0.15, 0.2) is 0 Å². The van der Waals surface area contributed by atoms with E-state index in [9.17, 15) is 4.79 Å². The van der Waals surface area contributed by atoms with Gasteiger partial charge < -0.3 is 23.7 Å². The van der Waals surface area contributed by atoms with E-state index in [2.05, 4.69) is 11.0 Å². The van der Waals surface area contributed by atoms with Crippen LogP contribution in [0.25, 0.3) is 11.0 Å². The Hall–Kier alpha value is -2.21. The Labute approximate surface area is 160 Å². The van der Waals surface area contributed by atoms with Gasteiger partial charge in [0.2, 0.25) is 0 Å². The largest absolute Gasteiger partial charge is 0.497 e. The Kier molecular flexibility index (Phi) is 5.25. The van der Waals surface area contributed by atoms with Crippen molar-refractivity contribution in [2.75, 3.05) is 40.4 Å². The first-order valence-electron chi connectivity index (χ1n) is 9.81. The first kappa shape index (κ1) is 18.2. The van der Waals surface area contributed by atoms with Crippen LogP contribution in [0.3, 0.4) is 0 Å². The van der Waals surface area contributed by atoms with Crippen LogP contribution in [0, 0.1) is 0 Å². The van der Waals surface area contributed by atoms with Gasteiger partial charge in [-0.25, -0.2) is 4.79 Å². The first-order valence-corrected chi connectivity index (χ1v) is 9.81. The minimum Gasteiger partial charge on any atom is -0.497 e. The van der Waals surface area contributed by atoms with E-state index >= 15 is 0 Å². The quantitative estimate of drug-likeness (QED) is 0.819. The van der Waals surface area contributed by atoms with Crippen LogP contribution in [-0.2, 0) is 4.74 Å². The van der Waals surface area contributed by atoms with Gasteiger partial charge in [-0.1, -0.05) is 0 Å². The zero-order valence-electron chi connectivity index (χ0n) is 16.1. The number of fused-ring (bicyclic) bond motifs is 1. The van der Waals surface area contributed by atoms with Gasteiger partial charge in [-0.3, -0.25) is 0 Å². The Morgan fingerprint density at radius 3 is 2.48 bits per heavy atom. The fourth-order valence-electron chi connectivity index (χ4n) is 4.59. The number of carbonyl (C=O) groups excluding carboxylic acids is 1. The van der Waals surface area contributed by atoms with E-state index in [1.54, 1.807) is 7.11 Å². The zero-order valence-corrected chi connectivity index (χ0v) is 16.1. The predicted molar refractivity (Wildman–Crippen MR) is 103 cm³/mol. The monoisotopic (exact) mass is 372 g/mol. The van der Waals surface area contributed by atoms with Gasteiger partial charge in [-0.2, -0.15) is 0 Å². The van der Waals surface area contributed by atoms with Crippen molar-refractivity contribution in [2.45, 2.75) is 37.6 Å². The van der Waals surface area contributed by atoms with Crippen molar-refractivity contribution in [1.29, 1.82) is 0 Å². The van der Waals surface area contributed by atoms with Crippen LogP contribution < -0.4 is 4.74 Å². The van der Waals surface area contributed by atoms with Crippen LogP contribution in [0.1, 0.15) is 37.2 Å². The lowest BCUT2D eigenvalue weighted by atomic mass is 9.88. The summed E-state index contributed by atoms with van der Waals surface area (Å²) in [6.45, 7) is 3.79. The SMILES string of the molecule is COC(=O)N1CCC(N2CCC(c3coc4ccc(OC)cc34)CC2)CC1. The number of amides is 1. The minimum absolute atomic E-state index is 0.200. The lowest BCUT2D eigenvalue weighted by molar-refractivity contribution is 0.0734. The van der Waals surface area contributed by atoms with Crippen LogP contribution in [0.4, 0.5) is 4.79 Å². The molecule has 0 spiro atoms. The number of benzene rings is 1. The molecule has 27 heavy (non-hydrogen) atoms. The number of hydrogen-bond donors (Lipinski definition) is 0. The number of likely N-dealkylation sites (tertiary alicyclic amines) is 2. The summed E-state index contributed by atoms with van der Waals surface area (Å²) in [5, 5.41) is 1.18. The van der Waals surface area contributed by atoms with E-state index in [1.165, 1.54) is 18.1 Å². The van der Waals surface area contributed by atoms with Crippen molar-refractivity contribution in [1.82, 2.24) is 9.80 Å². The van der Waals surface area contributed by atoms with E-state index in [0.29, 0.717) is 12.0 Å². The maximum atomic E-state index is 11.6.